The van der Waals surface area contributed by atoms with Crippen molar-refractivity contribution in [3.63, 3.8) is 0 Å². The van der Waals surface area contributed by atoms with Crippen molar-refractivity contribution in [2.75, 3.05) is 0 Å². The Hall–Kier alpha value is -1.33. The van der Waals surface area contributed by atoms with Crippen LogP contribution in [-0.4, -0.2) is 29.0 Å². The number of hydrogen-bond acceptors (Lipinski definition) is 4. The SMILES string of the molecule is CC(NN1C(C)CCCC1C)C(=O)NCc1ccco1. The third-order valence-electron chi connectivity index (χ3n) is 3.95. The summed E-state index contributed by atoms with van der Waals surface area (Å²) in [5, 5.41) is 5.11. The average molecular weight is 279 g/mol. The van der Waals surface area contributed by atoms with Crippen LogP contribution in [0.1, 0.15) is 45.8 Å². The number of carbonyl (C=O) groups excluding carboxylic acids is 1. The van der Waals surface area contributed by atoms with Gasteiger partial charge in [0.05, 0.1) is 18.8 Å². The van der Waals surface area contributed by atoms with E-state index in [9.17, 15) is 4.79 Å². The summed E-state index contributed by atoms with van der Waals surface area (Å²) < 4.78 is 5.20. The molecule has 5 heteroatoms. The second-order valence-corrected chi connectivity index (χ2v) is 5.68. The lowest BCUT2D eigenvalue weighted by molar-refractivity contribution is -0.125. The zero-order chi connectivity index (χ0) is 14.5. The van der Waals surface area contributed by atoms with Crippen molar-refractivity contribution >= 4 is 5.91 Å². The summed E-state index contributed by atoms with van der Waals surface area (Å²) in [6.45, 7) is 6.74. The number of rotatable bonds is 5. The predicted octanol–water partition coefficient (Wildman–Crippen LogP) is 2.05. The zero-order valence-electron chi connectivity index (χ0n) is 12.6. The number of furan rings is 1. The highest BCUT2D eigenvalue weighted by atomic mass is 16.3. The first-order chi connectivity index (χ1) is 9.58. The van der Waals surface area contributed by atoms with E-state index in [2.05, 4.69) is 29.6 Å². The van der Waals surface area contributed by atoms with Crippen LogP contribution in [0.15, 0.2) is 22.8 Å². The van der Waals surface area contributed by atoms with Gasteiger partial charge in [-0.25, -0.2) is 10.4 Å². The summed E-state index contributed by atoms with van der Waals surface area (Å²) in [5.41, 5.74) is 3.34. The molecule has 0 spiro atoms. The van der Waals surface area contributed by atoms with Crippen LogP contribution in [0.2, 0.25) is 0 Å². The smallest absolute Gasteiger partial charge is 0.238 e. The molecule has 1 aromatic heterocycles. The first-order valence-electron chi connectivity index (χ1n) is 7.42. The molecule has 3 unspecified atom stereocenters. The highest BCUT2D eigenvalue weighted by Gasteiger charge is 2.27. The molecule has 0 aliphatic carbocycles. The van der Waals surface area contributed by atoms with Gasteiger partial charge in [0.15, 0.2) is 0 Å². The first-order valence-corrected chi connectivity index (χ1v) is 7.42. The Morgan fingerprint density at radius 3 is 2.75 bits per heavy atom. The fourth-order valence-corrected chi connectivity index (χ4v) is 2.70. The van der Waals surface area contributed by atoms with Gasteiger partial charge in [-0.15, -0.1) is 0 Å². The quantitative estimate of drug-likeness (QED) is 0.866. The van der Waals surface area contributed by atoms with Gasteiger partial charge < -0.3 is 9.73 Å². The van der Waals surface area contributed by atoms with E-state index < -0.39 is 0 Å². The molecule has 2 rings (SSSR count). The Morgan fingerprint density at radius 1 is 1.45 bits per heavy atom. The Bertz CT molecular complexity index is 409. The highest BCUT2D eigenvalue weighted by Crippen LogP contribution is 2.20. The molecule has 2 heterocycles. The van der Waals surface area contributed by atoms with Gasteiger partial charge in [-0.3, -0.25) is 4.79 Å². The van der Waals surface area contributed by atoms with Crippen molar-refractivity contribution in [3.8, 4) is 0 Å². The van der Waals surface area contributed by atoms with Crippen molar-refractivity contribution in [3.05, 3.63) is 24.2 Å². The normalized spacial score (nSPS) is 25.4. The lowest BCUT2D eigenvalue weighted by Crippen LogP contribution is -2.58. The monoisotopic (exact) mass is 279 g/mol. The molecule has 3 atom stereocenters. The summed E-state index contributed by atoms with van der Waals surface area (Å²) in [5.74, 6) is 0.761. The van der Waals surface area contributed by atoms with Crippen LogP contribution in [0.5, 0.6) is 0 Å². The van der Waals surface area contributed by atoms with E-state index >= 15 is 0 Å². The molecule has 1 aliphatic heterocycles. The zero-order valence-corrected chi connectivity index (χ0v) is 12.6. The highest BCUT2D eigenvalue weighted by molar-refractivity contribution is 5.81. The summed E-state index contributed by atoms with van der Waals surface area (Å²) in [4.78, 5) is 12.1. The number of nitrogens with zero attached hydrogens (tertiary/aromatic N) is 1. The van der Waals surface area contributed by atoms with E-state index in [0.717, 1.165) is 5.76 Å². The van der Waals surface area contributed by atoms with Crippen molar-refractivity contribution in [1.29, 1.82) is 0 Å². The summed E-state index contributed by atoms with van der Waals surface area (Å²) in [6, 6.07) is 4.37. The van der Waals surface area contributed by atoms with Gasteiger partial charge in [0.2, 0.25) is 5.91 Å². The van der Waals surface area contributed by atoms with E-state index in [1.165, 1.54) is 19.3 Å². The molecule has 5 nitrogen and oxygen atoms in total. The molecule has 0 radical (unpaired) electrons. The van der Waals surface area contributed by atoms with Crippen LogP contribution >= 0.6 is 0 Å². The maximum Gasteiger partial charge on any atom is 0.238 e. The van der Waals surface area contributed by atoms with Crippen LogP contribution in [0.25, 0.3) is 0 Å². The molecule has 1 fully saturated rings. The summed E-state index contributed by atoms with van der Waals surface area (Å²) in [7, 11) is 0. The van der Waals surface area contributed by atoms with Gasteiger partial charge in [0.1, 0.15) is 5.76 Å². The van der Waals surface area contributed by atoms with Gasteiger partial charge in [-0.1, -0.05) is 6.42 Å². The second-order valence-electron chi connectivity index (χ2n) is 5.68. The third-order valence-corrected chi connectivity index (χ3v) is 3.95. The molecule has 1 aliphatic rings. The van der Waals surface area contributed by atoms with Gasteiger partial charge in [-0.2, -0.15) is 0 Å². The van der Waals surface area contributed by atoms with Crippen molar-refractivity contribution in [2.24, 2.45) is 0 Å². The maximum absolute atomic E-state index is 12.1. The minimum Gasteiger partial charge on any atom is -0.467 e. The fourth-order valence-electron chi connectivity index (χ4n) is 2.70. The van der Waals surface area contributed by atoms with Gasteiger partial charge in [0, 0.05) is 12.1 Å². The number of nitrogens with one attached hydrogen (secondary N) is 2. The molecule has 0 bridgehead atoms. The molecule has 0 saturated carbocycles. The Balaban J connectivity index is 1.80. The van der Waals surface area contributed by atoms with Crippen LogP contribution < -0.4 is 10.7 Å². The van der Waals surface area contributed by atoms with Crippen molar-refractivity contribution in [1.82, 2.24) is 15.8 Å². The summed E-state index contributed by atoms with van der Waals surface area (Å²) >= 11 is 0. The fraction of sp³-hybridized carbons (Fsp3) is 0.667. The van der Waals surface area contributed by atoms with E-state index in [4.69, 9.17) is 4.42 Å². The third kappa shape index (κ3) is 3.84. The Labute approximate surface area is 120 Å². The van der Waals surface area contributed by atoms with E-state index in [0.29, 0.717) is 18.6 Å². The predicted molar refractivity (Wildman–Crippen MR) is 77.8 cm³/mol. The van der Waals surface area contributed by atoms with E-state index in [-0.39, 0.29) is 11.9 Å². The number of carbonyl (C=O) groups is 1. The average Bonchev–Trinajstić information content (AvgIpc) is 2.93. The Morgan fingerprint density at radius 2 is 2.15 bits per heavy atom. The standard InChI is InChI=1S/C15H25N3O2/c1-11-6-4-7-12(2)18(11)17-13(3)15(19)16-10-14-8-5-9-20-14/h5,8-9,11-13,17H,4,6-7,10H2,1-3H3,(H,16,19). The van der Waals surface area contributed by atoms with Crippen LogP contribution in [0.4, 0.5) is 0 Å². The molecule has 1 amide bonds. The molecule has 112 valence electrons. The van der Waals surface area contributed by atoms with Crippen LogP contribution in [0.3, 0.4) is 0 Å². The number of hydrogen-bond donors (Lipinski definition) is 2. The lowest BCUT2D eigenvalue weighted by atomic mass is 10.00. The number of piperidine rings is 1. The minimum absolute atomic E-state index is 0.00799. The Kier molecular flexibility index (Phi) is 5.20. The van der Waals surface area contributed by atoms with Crippen LogP contribution in [-0.2, 0) is 11.3 Å². The molecular weight excluding hydrogens is 254 g/mol. The molecular formula is C15H25N3O2. The lowest BCUT2D eigenvalue weighted by Gasteiger charge is -2.40. The molecule has 0 aromatic carbocycles. The molecule has 20 heavy (non-hydrogen) atoms. The van der Waals surface area contributed by atoms with Gasteiger partial charge in [-0.05, 0) is 45.7 Å². The van der Waals surface area contributed by atoms with Crippen LogP contribution in [0, 0.1) is 0 Å². The van der Waals surface area contributed by atoms with Gasteiger partial charge >= 0.3 is 0 Å². The molecule has 2 N–H and O–H groups in total. The topological polar surface area (TPSA) is 57.5 Å². The van der Waals surface area contributed by atoms with Crippen molar-refractivity contribution in [2.45, 2.75) is 64.7 Å². The van der Waals surface area contributed by atoms with E-state index in [1.807, 2.05) is 19.1 Å². The first kappa shape index (κ1) is 15.1. The molecule has 1 aromatic rings. The second kappa shape index (κ2) is 6.90. The molecule has 1 saturated heterocycles. The minimum atomic E-state index is -0.243. The van der Waals surface area contributed by atoms with Gasteiger partial charge in [0.25, 0.3) is 0 Å². The number of hydrazine groups is 1. The summed E-state index contributed by atoms with van der Waals surface area (Å²) in [6.07, 6.45) is 5.23. The maximum atomic E-state index is 12.1. The van der Waals surface area contributed by atoms with E-state index in [1.54, 1.807) is 6.26 Å². The number of amides is 1. The van der Waals surface area contributed by atoms with Crippen molar-refractivity contribution < 1.29 is 9.21 Å². The largest absolute Gasteiger partial charge is 0.467 e.